The van der Waals surface area contributed by atoms with Crippen molar-refractivity contribution in [3.63, 3.8) is 0 Å². The molecule has 0 fully saturated rings. The first-order valence-corrected chi connectivity index (χ1v) is 10.6. The van der Waals surface area contributed by atoms with E-state index in [2.05, 4.69) is 67.1 Å². The summed E-state index contributed by atoms with van der Waals surface area (Å²) in [5.41, 5.74) is 6.03. The molecule has 0 bridgehead atoms. The summed E-state index contributed by atoms with van der Waals surface area (Å²) in [6.45, 7) is 10.0. The van der Waals surface area contributed by atoms with Crippen LogP contribution in [-0.4, -0.2) is 48.1 Å². The molecule has 0 aliphatic heterocycles. The van der Waals surface area contributed by atoms with Gasteiger partial charge in [0.15, 0.2) is 0 Å². The predicted octanol–water partition coefficient (Wildman–Crippen LogP) is 3.01. The fourth-order valence-corrected chi connectivity index (χ4v) is 2.44. The van der Waals surface area contributed by atoms with Crippen molar-refractivity contribution in [3.05, 3.63) is 29.8 Å². The maximum atomic E-state index is 5.11. The van der Waals surface area contributed by atoms with Crippen LogP contribution in [0.3, 0.4) is 0 Å². The number of rotatable bonds is 10. The number of nitrogens with zero attached hydrogens (tertiary/aromatic N) is 6. The number of amidine groups is 2. The molecule has 0 heterocycles. The van der Waals surface area contributed by atoms with Gasteiger partial charge in [0.05, 0.1) is 17.6 Å². The molecule has 0 spiro atoms. The zero-order valence-corrected chi connectivity index (χ0v) is 23.5. The minimum absolute atomic E-state index is 0. The van der Waals surface area contributed by atoms with Gasteiger partial charge in [-0.15, -0.1) is 0 Å². The third-order valence-corrected chi connectivity index (χ3v) is 4.40. The van der Waals surface area contributed by atoms with Crippen LogP contribution in [-0.2, 0) is 44.7 Å². The van der Waals surface area contributed by atoms with Gasteiger partial charge in [-0.1, -0.05) is 26.0 Å². The average Bonchev–Trinajstić information content (AvgIpc) is 2.75. The van der Waals surface area contributed by atoms with Crippen molar-refractivity contribution in [2.24, 2.45) is 25.5 Å². The molecule has 0 atom stereocenters. The van der Waals surface area contributed by atoms with Crippen molar-refractivity contribution in [2.45, 2.75) is 40.5 Å². The van der Waals surface area contributed by atoms with Crippen LogP contribution in [0.15, 0.2) is 49.8 Å². The average molecular weight is 512 g/mol. The fourth-order valence-electron chi connectivity index (χ4n) is 2.30. The van der Waals surface area contributed by atoms with E-state index in [1.54, 1.807) is 27.1 Å². The Bertz CT molecular complexity index is 798. The van der Waals surface area contributed by atoms with E-state index in [4.69, 9.17) is 25.3 Å². The van der Waals surface area contributed by atoms with Gasteiger partial charge in [-0.2, -0.15) is 25.5 Å². The molecular weight excluding hydrogens is 482 g/mol. The number of benzene rings is 1. The van der Waals surface area contributed by atoms with Gasteiger partial charge in [0.25, 0.3) is 0 Å². The first-order valence-electron chi connectivity index (χ1n) is 9.81. The Morgan fingerprint density at radius 1 is 0.903 bits per heavy atom. The first kappa shape index (κ1) is 29.0. The number of nitrogens with one attached hydrogen (secondary N) is 2. The van der Waals surface area contributed by atoms with Gasteiger partial charge in [0, 0.05) is 31.0 Å². The number of hydrogen-bond acceptors (Lipinski definition) is 8. The van der Waals surface area contributed by atoms with Crippen LogP contribution in [0.1, 0.15) is 46.1 Å². The van der Waals surface area contributed by atoms with E-state index in [0.29, 0.717) is 16.6 Å². The third-order valence-electron chi connectivity index (χ3n) is 3.94. The van der Waals surface area contributed by atoms with Crippen LogP contribution in [0.2, 0.25) is 0 Å². The normalized spacial score (nSPS) is 13.2. The number of anilines is 1. The molecule has 1 aromatic rings. The number of hydrazone groups is 1. The fraction of sp³-hybridized carbons (Fsp3) is 0.450. The second-order valence-electron chi connectivity index (χ2n) is 6.38. The Kier molecular flexibility index (Phi) is 15.6. The van der Waals surface area contributed by atoms with Gasteiger partial charge in [0.2, 0.25) is 0 Å². The molecule has 1 rings (SSSR count). The summed E-state index contributed by atoms with van der Waals surface area (Å²) in [5.74, 6) is 0. The molecule has 11 heteroatoms. The summed E-state index contributed by atoms with van der Waals surface area (Å²) in [4.78, 5) is 2.39. The smallest absolute Gasteiger partial charge is 0.741 e. The molecule has 2 N–H and O–H groups in total. The van der Waals surface area contributed by atoms with E-state index in [-0.39, 0.29) is 24.6 Å². The van der Waals surface area contributed by atoms with Crippen LogP contribution in [0.4, 0.5) is 5.69 Å². The Morgan fingerprint density at radius 2 is 1.42 bits per heavy atom. The summed E-state index contributed by atoms with van der Waals surface area (Å²) in [5, 5.41) is 23.0. The van der Waals surface area contributed by atoms with E-state index in [9.17, 15) is 0 Å². The van der Waals surface area contributed by atoms with E-state index in [1.807, 2.05) is 12.1 Å². The Morgan fingerprint density at radius 3 is 1.90 bits per heavy atom. The molecular formula is C20H30N8S2Zn. The van der Waals surface area contributed by atoms with Crippen molar-refractivity contribution >= 4 is 58.9 Å². The van der Waals surface area contributed by atoms with E-state index in [1.165, 1.54) is 5.69 Å². The van der Waals surface area contributed by atoms with E-state index in [0.717, 1.165) is 31.5 Å². The summed E-state index contributed by atoms with van der Waals surface area (Å²) in [7, 11) is 1.68. The quantitative estimate of drug-likeness (QED) is 0.166. The van der Waals surface area contributed by atoms with E-state index < -0.39 is 0 Å². The van der Waals surface area contributed by atoms with Gasteiger partial charge in [-0.3, -0.25) is 5.43 Å². The van der Waals surface area contributed by atoms with Gasteiger partial charge in [-0.05, 0) is 49.6 Å². The monoisotopic (exact) mass is 510 g/mol. The van der Waals surface area contributed by atoms with Crippen LogP contribution in [0.25, 0.3) is 0 Å². The molecule has 0 aliphatic rings. The van der Waals surface area contributed by atoms with Crippen molar-refractivity contribution in [2.75, 3.05) is 25.0 Å². The molecule has 0 saturated heterocycles. The van der Waals surface area contributed by atoms with Crippen molar-refractivity contribution in [1.82, 2.24) is 10.7 Å². The number of hydrogen-bond donors (Lipinski definition) is 2. The molecule has 0 radical (unpaired) electrons. The topological polar surface area (TPSA) is 89.1 Å². The van der Waals surface area contributed by atoms with E-state index >= 15 is 0 Å². The second kappa shape index (κ2) is 16.7. The molecule has 0 amide bonds. The minimum atomic E-state index is 0. The van der Waals surface area contributed by atoms with Crippen molar-refractivity contribution in [3.8, 4) is 0 Å². The zero-order valence-electron chi connectivity index (χ0n) is 18.9. The van der Waals surface area contributed by atoms with Crippen LogP contribution in [0.5, 0.6) is 0 Å². The molecule has 0 saturated carbocycles. The first-order chi connectivity index (χ1) is 14.4. The zero-order chi connectivity index (χ0) is 22.4. The molecule has 31 heavy (non-hydrogen) atoms. The molecule has 1 aromatic carbocycles. The van der Waals surface area contributed by atoms with Gasteiger partial charge < -0.3 is 35.5 Å². The largest absolute Gasteiger partial charge is 2.00 e. The van der Waals surface area contributed by atoms with Gasteiger partial charge >= 0.3 is 19.5 Å². The van der Waals surface area contributed by atoms with Crippen LogP contribution >= 0.6 is 0 Å². The van der Waals surface area contributed by atoms with Crippen LogP contribution in [0, 0.1) is 0 Å². The Labute approximate surface area is 209 Å². The molecule has 164 valence electrons. The molecule has 0 unspecified atom stereocenters. The third kappa shape index (κ3) is 11.9. The molecule has 0 aliphatic carbocycles. The molecule has 8 nitrogen and oxygen atoms in total. The standard InChI is InChI=1S/C20H32N8S2.Zn/c1-6-12-28(13-7-2)18-10-8-17(9-11-18)14-22-25-20(30)27-24-16(4)15(3)23-26-19(29)21-5;/h8-11,14H,6-7,12-13H2,1-5H3,(H2,21,26,29)(H2,25,27,30);/q;+2/p-2/b22-14+,23-15?,24-16?;. The summed E-state index contributed by atoms with van der Waals surface area (Å²) in [6.07, 6.45) is 3.94. The summed E-state index contributed by atoms with van der Waals surface area (Å²) >= 11 is 10.0. The second-order valence-corrected chi connectivity index (χ2v) is 7.15. The summed E-state index contributed by atoms with van der Waals surface area (Å²) < 4.78 is 0. The Hall–Kier alpha value is -1.97. The Balaban J connectivity index is 0.00000900. The summed E-state index contributed by atoms with van der Waals surface area (Å²) in [6, 6.07) is 8.27. The SMILES string of the molecule is CCCN(CCC)c1ccc(/C=N/NC([S-])=NN=C(C)C(C)=NN=C([S-])NC)cc1.[Zn+2]. The van der Waals surface area contributed by atoms with Crippen molar-refractivity contribution in [1.29, 1.82) is 0 Å². The molecule has 0 aromatic heterocycles. The van der Waals surface area contributed by atoms with Crippen LogP contribution < -0.4 is 15.6 Å². The maximum Gasteiger partial charge on any atom is 2.00 e. The minimum Gasteiger partial charge on any atom is -0.741 e. The van der Waals surface area contributed by atoms with Gasteiger partial charge in [-0.25, -0.2) is 0 Å². The maximum absolute atomic E-state index is 5.11. The van der Waals surface area contributed by atoms with Gasteiger partial charge in [0.1, 0.15) is 0 Å². The van der Waals surface area contributed by atoms with Crippen molar-refractivity contribution < 1.29 is 19.5 Å². The predicted molar refractivity (Wildman–Crippen MR) is 135 cm³/mol.